The summed E-state index contributed by atoms with van der Waals surface area (Å²) in [5.74, 6) is -1.15. The molecule has 1 fully saturated rings. The zero-order valence-electron chi connectivity index (χ0n) is 10.1. The summed E-state index contributed by atoms with van der Waals surface area (Å²) >= 11 is 5.94. The van der Waals surface area contributed by atoms with Crippen molar-refractivity contribution in [2.24, 2.45) is 5.92 Å². The molecule has 100 valence electrons. The Morgan fingerprint density at radius 1 is 1.22 bits per heavy atom. The number of hydrogen-bond acceptors (Lipinski definition) is 1. The third kappa shape index (κ3) is 2.91. The van der Waals surface area contributed by atoms with Gasteiger partial charge in [-0.3, -0.25) is 0 Å². The van der Waals surface area contributed by atoms with Crippen LogP contribution in [-0.2, 0) is 0 Å². The van der Waals surface area contributed by atoms with E-state index in [-0.39, 0.29) is 12.8 Å². The molecule has 0 bridgehead atoms. The molecule has 0 aromatic heterocycles. The summed E-state index contributed by atoms with van der Waals surface area (Å²) in [6.07, 6.45) is -3.71. The van der Waals surface area contributed by atoms with Gasteiger partial charge in [-0.2, -0.15) is 13.2 Å². The fraction of sp³-hybridized carbons (Fsp3) is 0.538. The lowest BCUT2D eigenvalue weighted by molar-refractivity contribution is -0.179. The van der Waals surface area contributed by atoms with Crippen molar-refractivity contribution < 1.29 is 13.2 Å². The van der Waals surface area contributed by atoms with Crippen LogP contribution in [0.2, 0.25) is 5.02 Å². The molecule has 18 heavy (non-hydrogen) atoms. The van der Waals surface area contributed by atoms with Gasteiger partial charge in [0, 0.05) is 23.8 Å². The van der Waals surface area contributed by atoms with E-state index >= 15 is 0 Å². The molecule has 2 rings (SSSR count). The molecule has 0 unspecified atom stereocenters. The first kappa shape index (κ1) is 13.5. The number of alkyl halides is 3. The molecule has 1 heterocycles. The molecule has 0 aliphatic carbocycles. The van der Waals surface area contributed by atoms with Gasteiger partial charge in [0.15, 0.2) is 0 Å². The maximum Gasteiger partial charge on any atom is 0.391 e. The van der Waals surface area contributed by atoms with Gasteiger partial charge in [0.25, 0.3) is 0 Å². The second-order valence-corrected chi connectivity index (χ2v) is 5.14. The predicted octanol–water partition coefficient (Wildman–Crippen LogP) is 4.43. The van der Waals surface area contributed by atoms with Crippen molar-refractivity contribution in [3.05, 3.63) is 28.8 Å². The lowest BCUT2D eigenvalue weighted by atomic mass is 9.96. The maximum atomic E-state index is 12.6. The minimum atomic E-state index is -4.05. The van der Waals surface area contributed by atoms with Crippen molar-refractivity contribution in [1.29, 1.82) is 0 Å². The van der Waals surface area contributed by atoms with Gasteiger partial charge in [-0.05, 0) is 43.5 Å². The van der Waals surface area contributed by atoms with Crippen LogP contribution >= 0.6 is 11.6 Å². The van der Waals surface area contributed by atoms with E-state index in [0.29, 0.717) is 18.1 Å². The number of rotatable bonds is 1. The van der Waals surface area contributed by atoms with Crippen LogP contribution in [0.25, 0.3) is 0 Å². The second kappa shape index (κ2) is 5.00. The number of hydrogen-bond donors (Lipinski definition) is 0. The Bertz CT molecular complexity index is 423. The SMILES string of the molecule is Cc1cc(N2CCC(C(F)(F)F)CC2)ccc1Cl. The number of nitrogens with zero attached hydrogens (tertiary/aromatic N) is 1. The Morgan fingerprint density at radius 3 is 2.33 bits per heavy atom. The standard InChI is InChI=1S/C13H15ClF3N/c1-9-8-11(2-3-12(9)14)18-6-4-10(5-7-18)13(15,16)17/h2-3,8,10H,4-7H2,1H3. The fourth-order valence-electron chi connectivity index (χ4n) is 2.29. The topological polar surface area (TPSA) is 3.24 Å². The van der Waals surface area contributed by atoms with E-state index in [2.05, 4.69) is 0 Å². The molecule has 0 radical (unpaired) electrons. The molecule has 0 saturated carbocycles. The number of piperidine rings is 1. The Morgan fingerprint density at radius 2 is 1.83 bits per heavy atom. The summed E-state index contributed by atoms with van der Waals surface area (Å²) < 4.78 is 37.7. The third-order valence-corrected chi connectivity index (χ3v) is 3.89. The van der Waals surface area contributed by atoms with Gasteiger partial charge in [0.1, 0.15) is 0 Å². The average molecular weight is 278 g/mol. The number of benzene rings is 1. The Kier molecular flexibility index (Phi) is 3.76. The van der Waals surface area contributed by atoms with E-state index in [1.807, 2.05) is 24.0 Å². The molecule has 1 aromatic carbocycles. The summed E-state index contributed by atoms with van der Waals surface area (Å²) in [5.41, 5.74) is 1.91. The zero-order valence-corrected chi connectivity index (χ0v) is 10.9. The van der Waals surface area contributed by atoms with Gasteiger partial charge in [-0.15, -0.1) is 0 Å². The molecule has 0 amide bonds. The van der Waals surface area contributed by atoms with E-state index in [4.69, 9.17) is 11.6 Å². The third-order valence-electron chi connectivity index (χ3n) is 3.46. The first-order valence-corrected chi connectivity index (χ1v) is 6.33. The first-order chi connectivity index (χ1) is 8.38. The number of anilines is 1. The Labute approximate surface area is 110 Å². The molecular formula is C13H15ClF3N. The van der Waals surface area contributed by atoms with E-state index in [0.717, 1.165) is 11.3 Å². The summed E-state index contributed by atoms with van der Waals surface area (Å²) in [4.78, 5) is 1.99. The smallest absolute Gasteiger partial charge is 0.371 e. The van der Waals surface area contributed by atoms with Gasteiger partial charge < -0.3 is 4.90 Å². The van der Waals surface area contributed by atoms with E-state index in [1.165, 1.54) is 0 Å². The van der Waals surface area contributed by atoms with Crippen LogP contribution in [0.1, 0.15) is 18.4 Å². The molecule has 0 spiro atoms. The number of aryl methyl sites for hydroxylation is 1. The highest BCUT2D eigenvalue weighted by atomic mass is 35.5. The lowest BCUT2D eigenvalue weighted by Gasteiger charge is -2.34. The highest BCUT2D eigenvalue weighted by molar-refractivity contribution is 6.31. The van der Waals surface area contributed by atoms with Crippen LogP contribution in [0.4, 0.5) is 18.9 Å². The van der Waals surface area contributed by atoms with Crippen LogP contribution < -0.4 is 4.90 Å². The first-order valence-electron chi connectivity index (χ1n) is 5.96. The monoisotopic (exact) mass is 277 g/mol. The van der Waals surface area contributed by atoms with Crippen LogP contribution in [0.15, 0.2) is 18.2 Å². The van der Waals surface area contributed by atoms with Crippen molar-refractivity contribution in [2.45, 2.75) is 25.9 Å². The molecule has 5 heteroatoms. The van der Waals surface area contributed by atoms with Crippen molar-refractivity contribution in [2.75, 3.05) is 18.0 Å². The summed E-state index contributed by atoms with van der Waals surface area (Å²) in [5, 5.41) is 0.684. The average Bonchev–Trinajstić information content (AvgIpc) is 2.32. The molecule has 0 N–H and O–H groups in total. The van der Waals surface area contributed by atoms with Crippen molar-refractivity contribution >= 4 is 17.3 Å². The predicted molar refractivity (Wildman–Crippen MR) is 67.2 cm³/mol. The summed E-state index contributed by atoms with van der Waals surface area (Å²) in [7, 11) is 0. The molecule has 1 aliphatic rings. The minimum absolute atomic E-state index is 0.172. The van der Waals surface area contributed by atoms with Crippen LogP contribution in [-0.4, -0.2) is 19.3 Å². The number of halogens is 4. The van der Waals surface area contributed by atoms with Crippen LogP contribution in [0.3, 0.4) is 0 Å². The lowest BCUT2D eigenvalue weighted by Crippen LogP contribution is -2.39. The van der Waals surface area contributed by atoms with E-state index < -0.39 is 12.1 Å². The molecule has 1 aromatic rings. The summed E-state index contributed by atoms with van der Waals surface area (Å²) in [6, 6.07) is 5.58. The van der Waals surface area contributed by atoms with Crippen molar-refractivity contribution in [3.8, 4) is 0 Å². The zero-order chi connectivity index (χ0) is 13.3. The van der Waals surface area contributed by atoms with Crippen molar-refractivity contribution in [1.82, 2.24) is 0 Å². The molecule has 1 aliphatic heterocycles. The highest BCUT2D eigenvalue weighted by Gasteiger charge is 2.41. The molecule has 0 atom stereocenters. The quantitative estimate of drug-likeness (QED) is 0.734. The van der Waals surface area contributed by atoms with Crippen LogP contribution in [0, 0.1) is 12.8 Å². The Balaban J connectivity index is 2.03. The molecule has 1 nitrogen and oxygen atoms in total. The normalized spacial score (nSPS) is 18.2. The fourth-order valence-corrected chi connectivity index (χ4v) is 2.41. The van der Waals surface area contributed by atoms with Crippen molar-refractivity contribution in [3.63, 3.8) is 0 Å². The van der Waals surface area contributed by atoms with E-state index in [9.17, 15) is 13.2 Å². The minimum Gasteiger partial charge on any atom is -0.371 e. The molecule has 1 saturated heterocycles. The van der Waals surface area contributed by atoms with Gasteiger partial charge in [0.05, 0.1) is 5.92 Å². The summed E-state index contributed by atoms with van der Waals surface area (Å²) in [6.45, 7) is 2.80. The van der Waals surface area contributed by atoms with E-state index in [1.54, 1.807) is 6.07 Å². The van der Waals surface area contributed by atoms with Gasteiger partial charge in [-0.25, -0.2) is 0 Å². The van der Waals surface area contributed by atoms with Gasteiger partial charge in [-0.1, -0.05) is 11.6 Å². The highest BCUT2D eigenvalue weighted by Crippen LogP contribution is 2.35. The largest absolute Gasteiger partial charge is 0.391 e. The van der Waals surface area contributed by atoms with Gasteiger partial charge in [0.2, 0.25) is 0 Å². The van der Waals surface area contributed by atoms with Gasteiger partial charge >= 0.3 is 6.18 Å². The second-order valence-electron chi connectivity index (χ2n) is 4.74. The Hall–Kier alpha value is -0.900. The maximum absolute atomic E-state index is 12.6. The van der Waals surface area contributed by atoms with Crippen LogP contribution in [0.5, 0.6) is 0 Å². The molecular weight excluding hydrogens is 263 g/mol.